The summed E-state index contributed by atoms with van der Waals surface area (Å²) in [6.45, 7) is 2.69. The second-order valence-electron chi connectivity index (χ2n) is 4.94. The molecule has 0 aliphatic heterocycles. The van der Waals surface area contributed by atoms with Crippen molar-refractivity contribution in [2.75, 3.05) is 33.8 Å². The predicted octanol–water partition coefficient (Wildman–Crippen LogP) is 1.66. The molecule has 1 aromatic rings. The van der Waals surface area contributed by atoms with E-state index in [1.165, 1.54) is 6.07 Å². The summed E-state index contributed by atoms with van der Waals surface area (Å²) in [6.07, 6.45) is 0.795. The van der Waals surface area contributed by atoms with Crippen LogP contribution in [0.1, 0.15) is 24.9 Å². The van der Waals surface area contributed by atoms with E-state index < -0.39 is 6.04 Å². The first-order valence-electron chi connectivity index (χ1n) is 6.83. The lowest BCUT2D eigenvalue weighted by Crippen LogP contribution is -2.42. The van der Waals surface area contributed by atoms with Gasteiger partial charge in [0.25, 0.3) is 0 Å². The van der Waals surface area contributed by atoms with Crippen molar-refractivity contribution in [3.05, 3.63) is 35.6 Å². The number of carbonyl (C=O) groups is 1. The predicted molar refractivity (Wildman–Crippen MR) is 76.8 cm³/mol. The van der Waals surface area contributed by atoms with E-state index in [1.54, 1.807) is 42.1 Å². The molecule has 4 nitrogen and oxygen atoms in total. The van der Waals surface area contributed by atoms with Gasteiger partial charge in [-0.1, -0.05) is 25.1 Å². The van der Waals surface area contributed by atoms with Crippen molar-refractivity contribution >= 4 is 5.91 Å². The molecule has 0 aromatic heterocycles. The summed E-state index contributed by atoms with van der Waals surface area (Å²) in [7, 11) is 3.50. The van der Waals surface area contributed by atoms with Crippen LogP contribution in [0.5, 0.6) is 0 Å². The van der Waals surface area contributed by atoms with E-state index in [0.717, 1.165) is 6.42 Å². The fraction of sp³-hybridized carbons (Fsp3) is 0.533. The van der Waals surface area contributed by atoms with E-state index in [1.807, 2.05) is 6.92 Å². The molecule has 1 amide bonds. The fourth-order valence-corrected chi connectivity index (χ4v) is 2.22. The van der Waals surface area contributed by atoms with E-state index in [9.17, 15) is 9.18 Å². The summed E-state index contributed by atoms with van der Waals surface area (Å²) < 4.78 is 13.9. The van der Waals surface area contributed by atoms with Gasteiger partial charge in [0, 0.05) is 18.7 Å². The van der Waals surface area contributed by atoms with Gasteiger partial charge in [-0.15, -0.1) is 0 Å². The molecule has 1 N–H and O–H groups in total. The van der Waals surface area contributed by atoms with E-state index >= 15 is 0 Å². The van der Waals surface area contributed by atoms with Crippen LogP contribution in [0.3, 0.4) is 0 Å². The van der Waals surface area contributed by atoms with Crippen LogP contribution in [0.4, 0.5) is 4.39 Å². The van der Waals surface area contributed by atoms with Crippen molar-refractivity contribution in [2.24, 2.45) is 0 Å². The van der Waals surface area contributed by atoms with E-state index in [2.05, 4.69) is 0 Å². The Labute approximate surface area is 119 Å². The molecule has 0 unspecified atom stereocenters. The van der Waals surface area contributed by atoms with E-state index in [0.29, 0.717) is 12.1 Å². The molecule has 1 aromatic carbocycles. The molecule has 0 saturated carbocycles. The first-order chi connectivity index (χ1) is 9.52. The topological polar surface area (TPSA) is 43.8 Å². The number of halogens is 1. The van der Waals surface area contributed by atoms with Crippen molar-refractivity contribution in [3.63, 3.8) is 0 Å². The van der Waals surface area contributed by atoms with Crippen LogP contribution in [0.25, 0.3) is 0 Å². The molecule has 0 heterocycles. The van der Waals surface area contributed by atoms with Crippen LogP contribution >= 0.6 is 0 Å². The Balaban J connectivity index is 3.07. The third kappa shape index (κ3) is 4.02. The number of likely N-dealkylation sites (N-methyl/N-ethyl adjacent to an activating group) is 1. The first-order valence-corrected chi connectivity index (χ1v) is 6.83. The largest absolute Gasteiger partial charge is 0.395 e. The van der Waals surface area contributed by atoms with Crippen molar-refractivity contribution < 1.29 is 14.3 Å². The number of aliphatic hydroxyl groups is 1. The molecule has 0 fully saturated rings. The Morgan fingerprint density at radius 3 is 2.45 bits per heavy atom. The van der Waals surface area contributed by atoms with Crippen LogP contribution in [-0.2, 0) is 4.79 Å². The Morgan fingerprint density at radius 2 is 1.95 bits per heavy atom. The monoisotopic (exact) mass is 282 g/mol. The molecule has 1 atom stereocenters. The molecule has 0 radical (unpaired) electrons. The van der Waals surface area contributed by atoms with Gasteiger partial charge in [-0.25, -0.2) is 4.39 Å². The lowest BCUT2D eigenvalue weighted by atomic mass is 10.0. The maximum Gasteiger partial charge on any atom is 0.244 e. The molecular formula is C15H23FN2O2. The SMILES string of the molecule is CCCN(CCO)C(=O)[C@H](c1ccccc1F)N(C)C. The fourth-order valence-electron chi connectivity index (χ4n) is 2.22. The minimum atomic E-state index is -0.672. The van der Waals surface area contributed by atoms with Gasteiger partial charge in [0.1, 0.15) is 11.9 Å². The van der Waals surface area contributed by atoms with Crippen LogP contribution in [-0.4, -0.2) is 54.6 Å². The molecule has 20 heavy (non-hydrogen) atoms. The molecule has 112 valence electrons. The normalized spacial score (nSPS) is 12.5. The maximum atomic E-state index is 13.9. The molecule has 1 rings (SSSR count). The summed E-state index contributed by atoms with van der Waals surface area (Å²) in [4.78, 5) is 15.9. The minimum absolute atomic E-state index is 0.0941. The number of nitrogens with zero attached hydrogens (tertiary/aromatic N) is 2. The number of rotatable bonds is 7. The zero-order valence-electron chi connectivity index (χ0n) is 12.3. The van der Waals surface area contributed by atoms with Crippen LogP contribution < -0.4 is 0 Å². The number of hydrogen-bond donors (Lipinski definition) is 1. The Hall–Kier alpha value is -1.46. The summed E-state index contributed by atoms with van der Waals surface area (Å²) in [5.41, 5.74) is 0.363. The smallest absolute Gasteiger partial charge is 0.244 e. The average Bonchev–Trinajstić information content (AvgIpc) is 2.40. The second kappa shape index (κ2) is 7.97. The zero-order valence-corrected chi connectivity index (χ0v) is 12.3. The van der Waals surface area contributed by atoms with Crippen LogP contribution in [0.2, 0.25) is 0 Å². The molecule has 0 aliphatic rings. The van der Waals surface area contributed by atoms with Gasteiger partial charge in [-0.2, -0.15) is 0 Å². The molecule has 0 aliphatic carbocycles. The van der Waals surface area contributed by atoms with Crippen LogP contribution in [0.15, 0.2) is 24.3 Å². The summed E-state index contributed by atoms with van der Waals surface area (Å²) in [6, 6.07) is 5.64. The highest BCUT2D eigenvalue weighted by atomic mass is 19.1. The second-order valence-corrected chi connectivity index (χ2v) is 4.94. The summed E-state index contributed by atoms with van der Waals surface area (Å²) >= 11 is 0. The van der Waals surface area contributed by atoms with Gasteiger partial charge in [-0.05, 0) is 26.6 Å². The first kappa shape index (κ1) is 16.6. The molecule has 0 saturated heterocycles. The van der Waals surface area contributed by atoms with Gasteiger partial charge >= 0.3 is 0 Å². The summed E-state index contributed by atoms with van der Waals surface area (Å²) in [5, 5.41) is 9.08. The highest BCUT2D eigenvalue weighted by Crippen LogP contribution is 2.23. The van der Waals surface area contributed by atoms with Crippen molar-refractivity contribution in [1.82, 2.24) is 9.80 Å². The number of carbonyl (C=O) groups excluding carboxylic acids is 1. The lowest BCUT2D eigenvalue weighted by Gasteiger charge is -2.30. The van der Waals surface area contributed by atoms with E-state index in [4.69, 9.17) is 5.11 Å². The van der Waals surface area contributed by atoms with E-state index in [-0.39, 0.29) is 24.9 Å². The quantitative estimate of drug-likeness (QED) is 0.827. The van der Waals surface area contributed by atoms with Gasteiger partial charge < -0.3 is 10.0 Å². The maximum absolute atomic E-state index is 13.9. The zero-order chi connectivity index (χ0) is 15.1. The molecular weight excluding hydrogens is 259 g/mol. The van der Waals surface area contributed by atoms with Gasteiger partial charge in [0.15, 0.2) is 0 Å². The Kier molecular flexibility index (Phi) is 6.61. The third-order valence-electron chi connectivity index (χ3n) is 3.13. The molecule has 0 spiro atoms. The third-order valence-corrected chi connectivity index (χ3v) is 3.13. The Bertz CT molecular complexity index is 432. The summed E-state index contributed by atoms with van der Waals surface area (Å²) in [5.74, 6) is -0.573. The highest BCUT2D eigenvalue weighted by Gasteiger charge is 2.29. The molecule has 5 heteroatoms. The lowest BCUT2D eigenvalue weighted by molar-refractivity contribution is -0.137. The van der Waals surface area contributed by atoms with Gasteiger partial charge in [0.2, 0.25) is 5.91 Å². The van der Waals surface area contributed by atoms with Gasteiger partial charge in [0.05, 0.1) is 6.61 Å². The van der Waals surface area contributed by atoms with Gasteiger partial charge in [-0.3, -0.25) is 9.69 Å². The number of amides is 1. The number of aliphatic hydroxyl groups excluding tert-OH is 1. The average molecular weight is 282 g/mol. The Morgan fingerprint density at radius 1 is 1.30 bits per heavy atom. The minimum Gasteiger partial charge on any atom is -0.395 e. The van der Waals surface area contributed by atoms with Crippen LogP contribution in [0, 0.1) is 5.82 Å². The number of benzene rings is 1. The standard InChI is InChI=1S/C15H23FN2O2/c1-4-9-18(10-11-19)15(20)14(17(2)3)12-7-5-6-8-13(12)16/h5-8,14,19H,4,9-11H2,1-3H3/t14-/m0/s1. The van der Waals surface area contributed by atoms with Crippen molar-refractivity contribution in [3.8, 4) is 0 Å². The number of hydrogen-bond acceptors (Lipinski definition) is 3. The van der Waals surface area contributed by atoms with Crippen molar-refractivity contribution in [1.29, 1.82) is 0 Å². The molecule has 0 bridgehead atoms. The highest BCUT2D eigenvalue weighted by molar-refractivity contribution is 5.83. The van der Waals surface area contributed by atoms with Crippen molar-refractivity contribution in [2.45, 2.75) is 19.4 Å².